The van der Waals surface area contributed by atoms with Gasteiger partial charge in [0.25, 0.3) is 5.91 Å². The van der Waals surface area contributed by atoms with Crippen LogP contribution in [0.2, 0.25) is 5.02 Å². The average Bonchev–Trinajstić information content (AvgIpc) is 2.72. The van der Waals surface area contributed by atoms with Crippen molar-refractivity contribution in [2.45, 2.75) is 0 Å². The van der Waals surface area contributed by atoms with E-state index < -0.39 is 5.69 Å². The number of carbonyl (C=O) groups is 1. The number of rotatable bonds is 8. The van der Waals surface area contributed by atoms with Crippen molar-refractivity contribution < 1.29 is 14.3 Å². The fourth-order valence-electron chi connectivity index (χ4n) is 2.33. The molecule has 154 valence electrons. The maximum Gasteiger partial charge on any atom is 0.363 e. The van der Waals surface area contributed by atoms with E-state index in [1.165, 1.54) is 19.5 Å². The summed E-state index contributed by atoms with van der Waals surface area (Å²) in [5.41, 5.74) is 3.27. The number of carbonyl (C=O) groups excluding carboxylic acids is 1. The zero-order chi connectivity index (χ0) is 21.3. The number of nitrogens with zero attached hydrogens (tertiary/aromatic N) is 3. The summed E-state index contributed by atoms with van der Waals surface area (Å²) in [4.78, 5) is 26.8. The summed E-state index contributed by atoms with van der Waals surface area (Å²) in [6.45, 7) is -0.209. The number of hydrogen-bond acceptors (Lipinski definition) is 8. The number of aromatic nitrogens is 3. The molecule has 0 saturated heterocycles. The molecule has 3 rings (SSSR count). The van der Waals surface area contributed by atoms with E-state index in [1.807, 2.05) is 0 Å². The van der Waals surface area contributed by atoms with Crippen LogP contribution in [0.25, 0.3) is 0 Å². The number of methoxy groups -OCH3 is 1. The molecule has 0 bridgehead atoms. The van der Waals surface area contributed by atoms with Crippen LogP contribution in [0.5, 0.6) is 11.5 Å². The lowest BCUT2D eigenvalue weighted by molar-refractivity contribution is -0.118. The lowest BCUT2D eigenvalue weighted by atomic mass is 10.2. The number of anilines is 2. The molecule has 30 heavy (non-hydrogen) atoms. The Hall–Kier alpha value is -3.92. The summed E-state index contributed by atoms with van der Waals surface area (Å²) >= 11 is 5.90. The first-order valence-electron chi connectivity index (χ1n) is 8.60. The Bertz CT molecular complexity index is 1120. The van der Waals surface area contributed by atoms with Gasteiger partial charge in [-0.25, -0.2) is 9.89 Å². The van der Waals surface area contributed by atoms with Gasteiger partial charge in [0.05, 0.1) is 19.5 Å². The molecule has 3 aromatic rings. The number of benzene rings is 2. The van der Waals surface area contributed by atoms with Crippen molar-refractivity contribution >= 4 is 35.2 Å². The van der Waals surface area contributed by atoms with E-state index in [9.17, 15) is 9.59 Å². The summed E-state index contributed by atoms with van der Waals surface area (Å²) in [6.07, 6.45) is 2.83. The molecule has 1 heterocycles. The standard InChI is InChI=1S/C19H17ClN6O4/c1-29-16-7-12(9-21-25-17-10-22-26-19(28)24-17)5-6-15(16)30-11-18(27)23-14-4-2-3-13(20)8-14/h2-10H,11H2,1H3,(H,23,27)(H2,24,25,26,28)/b21-9+. The molecule has 11 heteroatoms. The van der Waals surface area contributed by atoms with Gasteiger partial charge < -0.3 is 14.8 Å². The minimum atomic E-state index is -0.585. The summed E-state index contributed by atoms with van der Waals surface area (Å²) in [6, 6.07) is 11.9. The largest absolute Gasteiger partial charge is 0.493 e. The van der Waals surface area contributed by atoms with Gasteiger partial charge in [0, 0.05) is 10.7 Å². The molecular weight excluding hydrogens is 412 g/mol. The van der Waals surface area contributed by atoms with Crippen molar-refractivity contribution in [1.29, 1.82) is 0 Å². The summed E-state index contributed by atoms with van der Waals surface area (Å²) in [5.74, 6) is 0.676. The van der Waals surface area contributed by atoms with Crippen molar-refractivity contribution in [3.8, 4) is 11.5 Å². The minimum Gasteiger partial charge on any atom is -0.493 e. The van der Waals surface area contributed by atoms with Crippen molar-refractivity contribution in [3.63, 3.8) is 0 Å². The summed E-state index contributed by atoms with van der Waals surface area (Å²) < 4.78 is 10.9. The Balaban J connectivity index is 1.58. The number of aromatic amines is 1. The molecular formula is C19H17ClN6O4. The Kier molecular flexibility index (Phi) is 6.95. The average molecular weight is 429 g/mol. The van der Waals surface area contributed by atoms with Crippen molar-refractivity contribution in [1.82, 2.24) is 15.2 Å². The maximum atomic E-state index is 12.1. The van der Waals surface area contributed by atoms with Crippen LogP contribution < -0.4 is 25.9 Å². The smallest absolute Gasteiger partial charge is 0.363 e. The van der Waals surface area contributed by atoms with Gasteiger partial charge in [-0.2, -0.15) is 15.2 Å². The molecule has 2 aromatic carbocycles. The predicted octanol–water partition coefficient (Wildman–Crippen LogP) is 2.29. The highest BCUT2D eigenvalue weighted by Gasteiger charge is 2.09. The van der Waals surface area contributed by atoms with Crippen LogP contribution >= 0.6 is 11.6 Å². The molecule has 0 spiro atoms. The van der Waals surface area contributed by atoms with Gasteiger partial charge >= 0.3 is 5.69 Å². The number of nitrogens with one attached hydrogen (secondary N) is 3. The minimum absolute atomic E-state index is 0.202. The lowest BCUT2D eigenvalue weighted by Crippen LogP contribution is -2.20. The Morgan fingerprint density at radius 3 is 2.90 bits per heavy atom. The summed E-state index contributed by atoms with van der Waals surface area (Å²) in [7, 11) is 1.49. The third-order valence-electron chi connectivity index (χ3n) is 3.62. The Morgan fingerprint density at radius 1 is 1.27 bits per heavy atom. The topological polar surface area (TPSA) is 131 Å². The Labute approximate surface area is 175 Å². The molecule has 0 atom stereocenters. The second-order valence-corrected chi connectivity index (χ2v) is 6.24. The third-order valence-corrected chi connectivity index (χ3v) is 3.85. The second kappa shape index (κ2) is 10.0. The monoisotopic (exact) mass is 428 g/mol. The molecule has 0 unspecified atom stereocenters. The Morgan fingerprint density at radius 2 is 2.13 bits per heavy atom. The van der Waals surface area contributed by atoms with Crippen molar-refractivity contribution in [2.24, 2.45) is 5.10 Å². The number of ether oxygens (including phenoxy) is 2. The zero-order valence-corrected chi connectivity index (χ0v) is 16.5. The first kappa shape index (κ1) is 20.8. The van der Waals surface area contributed by atoms with Gasteiger partial charge in [-0.1, -0.05) is 17.7 Å². The molecule has 1 aromatic heterocycles. The highest BCUT2D eigenvalue weighted by Crippen LogP contribution is 2.27. The van der Waals surface area contributed by atoms with Crippen molar-refractivity contribution in [2.75, 3.05) is 24.5 Å². The van der Waals surface area contributed by atoms with Crippen LogP contribution in [-0.4, -0.2) is 41.0 Å². The lowest BCUT2D eigenvalue weighted by Gasteiger charge is -2.11. The van der Waals surface area contributed by atoms with Crippen LogP contribution in [0, 0.1) is 0 Å². The predicted molar refractivity (Wildman–Crippen MR) is 112 cm³/mol. The van der Waals surface area contributed by atoms with Crippen LogP contribution in [0.15, 0.2) is 58.6 Å². The maximum absolute atomic E-state index is 12.1. The van der Waals surface area contributed by atoms with Gasteiger partial charge in [0.2, 0.25) is 0 Å². The number of hydrazone groups is 1. The van der Waals surface area contributed by atoms with Gasteiger partial charge in [-0.05, 0) is 42.0 Å². The van der Waals surface area contributed by atoms with Gasteiger partial charge in [-0.3, -0.25) is 10.2 Å². The van der Waals surface area contributed by atoms with Gasteiger partial charge in [0.15, 0.2) is 23.9 Å². The van der Waals surface area contributed by atoms with Crippen LogP contribution in [0.1, 0.15) is 5.56 Å². The highest BCUT2D eigenvalue weighted by molar-refractivity contribution is 6.30. The van der Waals surface area contributed by atoms with E-state index in [4.69, 9.17) is 21.1 Å². The fraction of sp³-hybridized carbons (Fsp3) is 0.105. The molecule has 0 aliphatic carbocycles. The molecule has 0 aliphatic heterocycles. The van der Waals surface area contributed by atoms with E-state index in [1.54, 1.807) is 42.5 Å². The zero-order valence-electron chi connectivity index (χ0n) is 15.8. The second-order valence-electron chi connectivity index (χ2n) is 5.80. The number of halogens is 1. The van der Waals surface area contributed by atoms with E-state index in [-0.39, 0.29) is 18.3 Å². The van der Waals surface area contributed by atoms with E-state index in [0.717, 1.165) is 0 Å². The molecule has 0 aliphatic rings. The van der Waals surface area contributed by atoms with E-state index >= 15 is 0 Å². The molecule has 1 amide bonds. The first-order chi connectivity index (χ1) is 14.5. The number of H-pyrrole nitrogens is 1. The van der Waals surface area contributed by atoms with Crippen molar-refractivity contribution in [3.05, 3.63) is 69.7 Å². The SMILES string of the molecule is COc1cc(/C=N/Nc2cn[nH]c(=O)n2)ccc1OCC(=O)Nc1cccc(Cl)c1. The molecule has 0 saturated carbocycles. The van der Waals surface area contributed by atoms with Crippen LogP contribution in [0.3, 0.4) is 0 Å². The molecule has 0 fully saturated rings. The fourth-order valence-corrected chi connectivity index (χ4v) is 2.52. The molecule has 0 radical (unpaired) electrons. The molecule has 3 N–H and O–H groups in total. The number of amides is 1. The van der Waals surface area contributed by atoms with Gasteiger partial charge in [-0.15, -0.1) is 0 Å². The molecule has 10 nitrogen and oxygen atoms in total. The third kappa shape index (κ3) is 6.04. The first-order valence-corrected chi connectivity index (χ1v) is 8.98. The van der Waals surface area contributed by atoms with E-state index in [2.05, 4.69) is 31.0 Å². The normalized spacial score (nSPS) is 10.6. The van der Waals surface area contributed by atoms with Crippen LogP contribution in [0.4, 0.5) is 11.5 Å². The van der Waals surface area contributed by atoms with Crippen LogP contribution in [-0.2, 0) is 4.79 Å². The quantitative estimate of drug-likeness (QED) is 0.370. The van der Waals surface area contributed by atoms with E-state index in [0.29, 0.717) is 27.8 Å². The highest BCUT2D eigenvalue weighted by atomic mass is 35.5. The number of hydrogen-bond donors (Lipinski definition) is 3. The summed E-state index contributed by atoms with van der Waals surface area (Å²) in [5, 5.41) is 13.0. The van der Waals surface area contributed by atoms with Gasteiger partial charge in [0.1, 0.15) is 0 Å².